The Morgan fingerprint density at radius 2 is 1.85 bits per heavy atom. The number of hydrogen-bond acceptors (Lipinski definition) is 3. The molecule has 1 aromatic heterocycles. The molecule has 0 bridgehead atoms. The quantitative estimate of drug-likeness (QED) is 0.616. The SMILES string of the molecule is CCCn1nc(C)c(C(=O)c2ccc(Cl)c(C(C)=C(C)C)c2C)c1OC. The summed E-state index contributed by atoms with van der Waals surface area (Å²) >= 11 is 6.44. The van der Waals surface area contributed by atoms with Crippen LogP contribution >= 0.6 is 11.6 Å². The molecule has 0 atom stereocenters. The van der Waals surface area contributed by atoms with Gasteiger partial charge in [0.1, 0.15) is 5.56 Å². The number of methoxy groups -OCH3 is 1. The van der Waals surface area contributed by atoms with Crippen LogP contribution < -0.4 is 4.74 Å². The molecular formula is C21H27ClN2O2. The van der Waals surface area contributed by atoms with E-state index in [2.05, 4.69) is 12.0 Å². The van der Waals surface area contributed by atoms with Crippen molar-refractivity contribution in [3.05, 3.63) is 50.7 Å². The average Bonchev–Trinajstić information content (AvgIpc) is 2.89. The number of halogens is 1. The van der Waals surface area contributed by atoms with Crippen LogP contribution in [-0.2, 0) is 6.54 Å². The lowest BCUT2D eigenvalue weighted by molar-refractivity contribution is 0.103. The van der Waals surface area contributed by atoms with Gasteiger partial charge >= 0.3 is 0 Å². The van der Waals surface area contributed by atoms with Gasteiger partial charge in [-0.15, -0.1) is 0 Å². The van der Waals surface area contributed by atoms with Crippen molar-refractivity contribution in [2.45, 2.75) is 54.5 Å². The summed E-state index contributed by atoms with van der Waals surface area (Å²) in [5, 5.41) is 5.14. The van der Waals surface area contributed by atoms with Gasteiger partial charge in [0, 0.05) is 17.1 Å². The number of hydrogen-bond donors (Lipinski definition) is 0. The van der Waals surface area contributed by atoms with Crippen LogP contribution in [0.3, 0.4) is 0 Å². The highest BCUT2D eigenvalue weighted by Gasteiger charge is 2.26. The number of aromatic nitrogens is 2. The zero-order chi connectivity index (χ0) is 19.6. The largest absolute Gasteiger partial charge is 0.481 e. The first kappa shape index (κ1) is 20.2. The third-order valence-electron chi connectivity index (χ3n) is 4.72. The Balaban J connectivity index is 2.66. The molecule has 0 aliphatic heterocycles. The van der Waals surface area contributed by atoms with Crippen LogP contribution in [0.5, 0.6) is 5.88 Å². The Bertz CT molecular complexity index is 875. The molecule has 1 heterocycles. The van der Waals surface area contributed by atoms with Gasteiger partial charge in [0.2, 0.25) is 11.7 Å². The number of allylic oxidation sites excluding steroid dienone is 2. The van der Waals surface area contributed by atoms with E-state index in [1.165, 1.54) is 5.57 Å². The number of ketones is 1. The van der Waals surface area contributed by atoms with Crippen molar-refractivity contribution in [3.8, 4) is 5.88 Å². The summed E-state index contributed by atoms with van der Waals surface area (Å²) in [5.41, 5.74) is 5.89. The van der Waals surface area contributed by atoms with Crippen LogP contribution in [-0.4, -0.2) is 22.7 Å². The van der Waals surface area contributed by atoms with Gasteiger partial charge in [-0.3, -0.25) is 4.79 Å². The standard InChI is InChI=1S/C21H27ClN2O2/c1-8-11-24-21(26-7)19(15(6)23-24)20(25)16-9-10-17(22)18(14(16)5)13(4)12(2)3/h9-10H,8,11H2,1-7H3. The fourth-order valence-corrected chi connectivity index (χ4v) is 3.51. The number of nitrogens with zero attached hydrogens (tertiary/aromatic N) is 2. The first-order valence-electron chi connectivity index (χ1n) is 8.84. The molecule has 2 aromatic rings. The van der Waals surface area contributed by atoms with Crippen molar-refractivity contribution in [3.63, 3.8) is 0 Å². The molecular weight excluding hydrogens is 348 g/mol. The summed E-state index contributed by atoms with van der Waals surface area (Å²) in [6, 6.07) is 3.58. The van der Waals surface area contributed by atoms with Crippen molar-refractivity contribution >= 4 is 23.0 Å². The zero-order valence-corrected chi connectivity index (χ0v) is 17.4. The molecule has 5 heteroatoms. The van der Waals surface area contributed by atoms with Crippen molar-refractivity contribution in [1.82, 2.24) is 9.78 Å². The molecule has 0 saturated carbocycles. The van der Waals surface area contributed by atoms with Gasteiger partial charge in [0.25, 0.3) is 0 Å². The summed E-state index contributed by atoms with van der Waals surface area (Å²) in [6.45, 7) is 12.7. The Morgan fingerprint density at radius 3 is 2.38 bits per heavy atom. The second-order valence-electron chi connectivity index (χ2n) is 6.74. The highest BCUT2D eigenvalue weighted by atomic mass is 35.5. The van der Waals surface area contributed by atoms with Crippen molar-refractivity contribution < 1.29 is 9.53 Å². The normalized spacial score (nSPS) is 10.8. The number of carbonyl (C=O) groups excluding carboxylic acids is 1. The zero-order valence-electron chi connectivity index (χ0n) is 16.7. The number of rotatable bonds is 6. The summed E-state index contributed by atoms with van der Waals surface area (Å²) in [6.07, 6.45) is 0.912. The average molecular weight is 375 g/mol. The number of ether oxygens (including phenoxy) is 1. The van der Waals surface area contributed by atoms with Gasteiger partial charge in [-0.1, -0.05) is 24.1 Å². The summed E-state index contributed by atoms with van der Waals surface area (Å²) in [5.74, 6) is 0.433. The maximum absolute atomic E-state index is 13.3. The Labute approximate surface area is 160 Å². The first-order valence-corrected chi connectivity index (χ1v) is 9.21. The molecule has 0 fully saturated rings. The van der Waals surface area contributed by atoms with Gasteiger partial charge in [-0.2, -0.15) is 5.10 Å². The van der Waals surface area contributed by atoms with Crippen LogP contribution in [0.25, 0.3) is 5.57 Å². The molecule has 0 saturated heterocycles. The van der Waals surface area contributed by atoms with Crippen LogP contribution in [0, 0.1) is 13.8 Å². The van der Waals surface area contributed by atoms with E-state index in [4.69, 9.17) is 16.3 Å². The molecule has 0 aliphatic rings. The summed E-state index contributed by atoms with van der Waals surface area (Å²) in [4.78, 5) is 13.3. The third-order valence-corrected chi connectivity index (χ3v) is 5.04. The number of aryl methyl sites for hydroxylation is 2. The van der Waals surface area contributed by atoms with Gasteiger partial charge < -0.3 is 4.74 Å². The van der Waals surface area contributed by atoms with Crippen LogP contribution in [0.1, 0.15) is 66.9 Å². The van der Waals surface area contributed by atoms with Crippen molar-refractivity contribution in [2.75, 3.05) is 7.11 Å². The number of carbonyl (C=O) groups is 1. The van der Waals surface area contributed by atoms with Crippen LogP contribution in [0.4, 0.5) is 0 Å². The Kier molecular flexibility index (Phi) is 6.30. The maximum Gasteiger partial charge on any atom is 0.223 e. The molecule has 1 aromatic carbocycles. The second kappa shape index (κ2) is 8.09. The van der Waals surface area contributed by atoms with Crippen LogP contribution in [0.2, 0.25) is 5.02 Å². The molecule has 0 N–H and O–H groups in total. The minimum Gasteiger partial charge on any atom is -0.481 e. The van der Waals surface area contributed by atoms with Gasteiger partial charge in [0.15, 0.2) is 0 Å². The van der Waals surface area contributed by atoms with Gasteiger partial charge in [-0.05, 0) is 69.9 Å². The maximum atomic E-state index is 13.3. The molecule has 2 rings (SSSR count). The molecule has 0 amide bonds. The summed E-state index contributed by atoms with van der Waals surface area (Å²) < 4.78 is 7.28. The van der Waals surface area contributed by atoms with E-state index in [1.54, 1.807) is 23.9 Å². The highest BCUT2D eigenvalue weighted by molar-refractivity contribution is 6.32. The molecule has 0 radical (unpaired) electrons. The molecule has 4 nitrogen and oxygen atoms in total. The lowest BCUT2D eigenvalue weighted by atomic mass is 9.91. The number of benzene rings is 1. The topological polar surface area (TPSA) is 44.1 Å². The van der Waals surface area contributed by atoms with Gasteiger partial charge in [-0.25, -0.2) is 4.68 Å². The minimum atomic E-state index is -0.0846. The molecule has 0 unspecified atom stereocenters. The lowest BCUT2D eigenvalue weighted by Gasteiger charge is -2.15. The van der Waals surface area contributed by atoms with Crippen molar-refractivity contribution in [2.24, 2.45) is 0 Å². The Morgan fingerprint density at radius 1 is 1.19 bits per heavy atom. The second-order valence-corrected chi connectivity index (χ2v) is 7.15. The van der Waals surface area contributed by atoms with E-state index in [0.29, 0.717) is 34.3 Å². The van der Waals surface area contributed by atoms with E-state index in [0.717, 1.165) is 23.1 Å². The summed E-state index contributed by atoms with van der Waals surface area (Å²) in [7, 11) is 1.58. The van der Waals surface area contributed by atoms with E-state index in [1.807, 2.05) is 34.6 Å². The molecule has 0 aliphatic carbocycles. The van der Waals surface area contributed by atoms with E-state index >= 15 is 0 Å². The lowest BCUT2D eigenvalue weighted by Crippen LogP contribution is -2.09. The Hall–Kier alpha value is -2.07. The predicted molar refractivity (Wildman–Crippen MR) is 107 cm³/mol. The predicted octanol–water partition coefficient (Wildman–Crippen LogP) is 5.62. The monoisotopic (exact) mass is 374 g/mol. The molecule has 140 valence electrons. The van der Waals surface area contributed by atoms with Crippen LogP contribution in [0.15, 0.2) is 17.7 Å². The third kappa shape index (κ3) is 3.56. The minimum absolute atomic E-state index is 0.0846. The van der Waals surface area contributed by atoms with Gasteiger partial charge in [0.05, 0.1) is 12.8 Å². The highest BCUT2D eigenvalue weighted by Crippen LogP contribution is 2.34. The van der Waals surface area contributed by atoms with E-state index in [9.17, 15) is 4.79 Å². The fraction of sp³-hybridized carbons (Fsp3) is 0.429. The van der Waals surface area contributed by atoms with E-state index in [-0.39, 0.29) is 5.78 Å². The van der Waals surface area contributed by atoms with Crippen molar-refractivity contribution in [1.29, 1.82) is 0 Å². The van der Waals surface area contributed by atoms with E-state index < -0.39 is 0 Å². The molecule has 0 spiro atoms. The first-order chi connectivity index (χ1) is 12.2. The molecule has 26 heavy (non-hydrogen) atoms. The smallest absolute Gasteiger partial charge is 0.223 e. The fourth-order valence-electron chi connectivity index (χ4n) is 3.16.